The van der Waals surface area contributed by atoms with Crippen LogP contribution in [0.15, 0.2) is 12.1 Å². The SMILES string of the molecule is COc1c(F)cc([N+](=O)[O-])cc1C1CNCCO1. The van der Waals surface area contributed by atoms with Gasteiger partial charge in [-0.15, -0.1) is 0 Å². The van der Waals surface area contributed by atoms with Crippen LogP contribution in [0.5, 0.6) is 5.75 Å². The van der Waals surface area contributed by atoms with Crippen molar-refractivity contribution in [2.45, 2.75) is 6.10 Å². The molecule has 2 rings (SSSR count). The topological polar surface area (TPSA) is 73.6 Å². The number of hydrogen-bond acceptors (Lipinski definition) is 5. The minimum Gasteiger partial charge on any atom is -0.493 e. The second kappa shape index (κ2) is 5.28. The molecule has 0 aromatic heterocycles. The molecule has 1 fully saturated rings. The lowest BCUT2D eigenvalue weighted by Gasteiger charge is -2.25. The molecule has 98 valence electrons. The number of rotatable bonds is 3. The number of halogens is 1. The Kier molecular flexibility index (Phi) is 3.73. The molecule has 1 aliphatic rings. The quantitative estimate of drug-likeness (QED) is 0.653. The number of nitrogens with zero attached hydrogens (tertiary/aromatic N) is 1. The molecule has 0 bridgehead atoms. The van der Waals surface area contributed by atoms with Crippen molar-refractivity contribution < 1.29 is 18.8 Å². The molecule has 1 atom stereocenters. The Morgan fingerprint density at radius 1 is 1.61 bits per heavy atom. The average molecular weight is 256 g/mol. The summed E-state index contributed by atoms with van der Waals surface area (Å²) in [6, 6.07) is 2.14. The van der Waals surface area contributed by atoms with Crippen molar-refractivity contribution in [1.82, 2.24) is 5.32 Å². The Balaban J connectivity index is 2.44. The van der Waals surface area contributed by atoms with Gasteiger partial charge in [-0.3, -0.25) is 10.1 Å². The van der Waals surface area contributed by atoms with E-state index in [9.17, 15) is 14.5 Å². The molecular formula is C11H13FN2O4. The smallest absolute Gasteiger partial charge is 0.273 e. The molecule has 1 heterocycles. The maximum absolute atomic E-state index is 13.7. The summed E-state index contributed by atoms with van der Waals surface area (Å²) in [6.45, 7) is 1.64. The van der Waals surface area contributed by atoms with Gasteiger partial charge in [0.05, 0.1) is 30.8 Å². The van der Waals surface area contributed by atoms with E-state index in [2.05, 4.69) is 5.32 Å². The van der Waals surface area contributed by atoms with Gasteiger partial charge in [-0.2, -0.15) is 0 Å². The van der Waals surface area contributed by atoms with Gasteiger partial charge in [-0.25, -0.2) is 4.39 Å². The first-order chi connectivity index (χ1) is 8.63. The Morgan fingerprint density at radius 3 is 2.94 bits per heavy atom. The molecule has 1 unspecified atom stereocenters. The van der Waals surface area contributed by atoms with Crippen LogP contribution in [0.25, 0.3) is 0 Å². The molecule has 0 spiro atoms. The van der Waals surface area contributed by atoms with Crippen molar-refractivity contribution >= 4 is 5.69 Å². The van der Waals surface area contributed by atoms with Crippen LogP contribution in [0, 0.1) is 15.9 Å². The van der Waals surface area contributed by atoms with E-state index < -0.39 is 16.8 Å². The van der Waals surface area contributed by atoms with E-state index in [1.165, 1.54) is 13.2 Å². The molecule has 1 N–H and O–H groups in total. The summed E-state index contributed by atoms with van der Waals surface area (Å²) in [5.74, 6) is -0.759. The van der Waals surface area contributed by atoms with Gasteiger partial charge in [-0.1, -0.05) is 0 Å². The second-order valence-electron chi connectivity index (χ2n) is 3.87. The van der Waals surface area contributed by atoms with Crippen LogP contribution in [0.3, 0.4) is 0 Å². The van der Waals surface area contributed by atoms with E-state index in [4.69, 9.17) is 9.47 Å². The van der Waals surface area contributed by atoms with E-state index in [0.29, 0.717) is 25.3 Å². The van der Waals surface area contributed by atoms with Crippen molar-refractivity contribution in [3.05, 3.63) is 33.6 Å². The highest BCUT2D eigenvalue weighted by Gasteiger charge is 2.25. The number of morpholine rings is 1. The molecule has 1 saturated heterocycles. The number of nitrogens with one attached hydrogen (secondary N) is 1. The van der Waals surface area contributed by atoms with E-state index in [-0.39, 0.29) is 11.4 Å². The van der Waals surface area contributed by atoms with Crippen LogP contribution in [-0.4, -0.2) is 31.7 Å². The molecule has 0 amide bonds. The molecule has 6 nitrogen and oxygen atoms in total. The highest BCUT2D eigenvalue weighted by molar-refractivity contribution is 5.46. The van der Waals surface area contributed by atoms with Crippen molar-refractivity contribution in [1.29, 1.82) is 0 Å². The predicted octanol–water partition coefficient (Wildman–Crippen LogP) is 1.40. The lowest BCUT2D eigenvalue weighted by molar-refractivity contribution is -0.385. The standard InChI is InChI=1S/C11H13FN2O4/c1-17-11-8(10-6-13-2-3-18-10)4-7(14(15)16)5-9(11)12/h4-5,10,13H,2-3,6H2,1H3. The third-order valence-electron chi connectivity index (χ3n) is 2.75. The molecule has 1 aromatic rings. The van der Waals surface area contributed by atoms with Crippen LogP contribution in [0.2, 0.25) is 0 Å². The third-order valence-corrected chi connectivity index (χ3v) is 2.75. The van der Waals surface area contributed by atoms with Crippen molar-refractivity contribution in [2.75, 3.05) is 26.8 Å². The number of nitro benzene ring substituents is 1. The summed E-state index contributed by atoms with van der Waals surface area (Å²) in [7, 11) is 1.32. The summed E-state index contributed by atoms with van der Waals surface area (Å²) in [4.78, 5) is 10.1. The van der Waals surface area contributed by atoms with Gasteiger partial charge in [0.1, 0.15) is 0 Å². The van der Waals surface area contributed by atoms with Crippen LogP contribution < -0.4 is 10.1 Å². The van der Waals surface area contributed by atoms with Crippen LogP contribution >= 0.6 is 0 Å². The maximum atomic E-state index is 13.7. The van der Waals surface area contributed by atoms with Crippen LogP contribution in [-0.2, 0) is 4.74 Å². The first kappa shape index (κ1) is 12.7. The molecule has 7 heteroatoms. The Morgan fingerprint density at radius 2 is 2.39 bits per heavy atom. The first-order valence-electron chi connectivity index (χ1n) is 5.47. The molecule has 0 saturated carbocycles. The maximum Gasteiger partial charge on any atom is 0.273 e. The molecule has 18 heavy (non-hydrogen) atoms. The summed E-state index contributed by atoms with van der Waals surface area (Å²) in [5.41, 5.74) is 0.0499. The normalized spacial score (nSPS) is 19.6. The summed E-state index contributed by atoms with van der Waals surface area (Å²) < 4.78 is 24.1. The van der Waals surface area contributed by atoms with Gasteiger partial charge in [-0.05, 0) is 0 Å². The van der Waals surface area contributed by atoms with Gasteiger partial charge in [0.15, 0.2) is 11.6 Å². The highest BCUT2D eigenvalue weighted by atomic mass is 19.1. The van der Waals surface area contributed by atoms with E-state index in [1.807, 2.05) is 0 Å². The van der Waals surface area contributed by atoms with Crippen molar-refractivity contribution in [3.8, 4) is 5.75 Å². The van der Waals surface area contributed by atoms with E-state index in [1.54, 1.807) is 0 Å². The second-order valence-corrected chi connectivity index (χ2v) is 3.87. The van der Waals surface area contributed by atoms with Crippen molar-refractivity contribution in [2.24, 2.45) is 0 Å². The Bertz CT molecular complexity index is 461. The number of ether oxygens (including phenoxy) is 2. The fourth-order valence-corrected chi connectivity index (χ4v) is 1.92. The number of methoxy groups -OCH3 is 1. The van der Waals surface area contributed by atoms with Gasteiger partial charge in [0.2, 0.25) is 0 Å². The number of non-ortho nitro benzene ring substituents is 1. The summed E-state index contributed by atoms with van der Waals surface area (Å²) in [5, 5.41) is 13.8. The van der Waals surface area contributed by atoms with E-state index in [0.717, 1.165) is 6.07 Å². The molecule has 1 aromatic carbocycles. The minimum atomic E-state index is -0.754. The van der Waals surface area contributed by atoms with Gasteiger partial charge in [0.25, 0.3) is 5.69 Å². The molecule has 0 radical (unpaired) electrons. The van der Waals surface area contributed by atoms with Crippen LogP contribution in [0.1, 0.15) is 11.7 Å². The van der Waals surface area contributed by atoms with Gasteiger partial charge in [0, 0.05) is 24.7 Å². The van der Waals surface area contributed by atoms with E-state index >= 15 is 0 Å². The number of nitro groups is 1. The molecule has 1 aliphatic heterocycles. The number of benzene rings is 1. The predicted molar refractivity (Wildman–Crippen MR) is 61.2 cm³/mol. The third kappa shape index (κ3) is 2.41. The summed E-state index contributed by atoms with van der Waals surface area (Å²) >= 11 is 0. The molecular weight excluding hydrogens is 243 g/mol. The number of hydrogen-bond donors (Lipinski definition) is 1. The lowest BCUT2D eigenvalue weighted by Crippen LogP contribution is -2.33. The van der Waals surface area contributed by atoms with Gasteiger partial charge >= 0.3 is 0 Å². The largest absolute Gasteiger partial charge is 0.493 e. The zero-order chi connectivity index (χ0) is 13.1. The minimum absolute atomic E-state index is 0.00528. The summed E-state index contributed by atoms with van der Waals surface area (Å²) in [6.07, 6.45) is -0.442. The first-order valence-corrected chi connectivity index (χ1v) is 5.47. The Labute approximate surface area is 103 Å². The lowest BCUT2D eigenvalue weighted by atomic mass is 10.1. The zero-order valence-corrected chi connectivity index (χ0v) is 9.81. The fourth-order valence-electron chi connectivity index (χ4n) is 1.92. The van der Waals surface area contributed by atoms with Crippen LogP contribution in [0.4, 0.5) is 10.1 Å². The monoisotopic (exact) mass is 256 g/mol. The molecule has 0 aliphatic carbocycles. The van der Waals surface area contributed by atoms with Gasteiger partial charge < -0.3 is 14.8 Å². The Hall–Kier alpha value is -1.73. The van der Waals surface area contributed by atoms with Crippen molar-refractivity contribution in [3.63, 3.8) is 0 Å². The fraction of sp³-hybridized carbons (Fsp3) is 0.455. The highest BCUT2D eigenvalue weighted by Crippen LogP contribution is 2.34. The average Bonchev–Trinajstić information content (AvgIpc) is 2.38. The zero-order valence-electron chi connectivity index (χ0n) is 9.81.